The summed E-state index contributed by atoms with van der Waals surface area (Å²) >= 11 is 1.37. The van der Waals surface area contributed by atoms with E-state index < -0.39 is 17.7 Å². The van der Waals surface area contributed by atoms with E-state index in [1.807, 2.05) is 57.2 Å². The molecule has 1 saturated heterocycles. The number of aliphatic hydroxyl groups excluding tert-OH is 1. The third-order valence-corrected chi connectivity index (χ3v) is 7.59. The predicted molar refractivity (Wildman–Crippen MR) is 147 cm³/mol. The van der Waals surface area contributed by atoms with E-state index in [1.165, 1.54) is 16.2 Å². The molecular formula is C30H28N2O4S. The van der Waals surface area contributed by atoms with Gasteiger partial charge in [0.25, 0.3) is 5.78 Å². The number of ether oxygens (including phenoxy) is 1. The first kappa shape index (κ1) is 24.7. The summed E-state index contributed by atoms with van der Waals surface area (Å²) < 4.78 is 6.53. The normalized spacial score (nSPS) is 17.1. The molecule has 0 spiro atoms. The second-order valence-corrected chi connectivity index (χ2v) is 10.2. The van der Waals surface area contributed by atoms with Crippen molar-refractivity contribution in [2.24, 2.45) is 0 Å². The Bertz CT molecular complexity index is 1550. The minimum atomic E-state index is -0.816. The highest BCUT2D eigenvalue weighted by Crippen LogP contribution is 2.45. The number of benzene rings is 3. The number of ketones is 1. The van der Waals surface area contributed by atoms with Crippen LogP contribution >= 0.6 is 11.3 Å². The number of carbonyl (C=O) groups excluding carboxylic acids is 2. The Morgan fingerprint density at radius 2 is 1.81 bits per heavy atom. The Morgan fingerprint density at radius 1 is 1.05 bits per heavy atom. The van der Waals surface area contributed by atoms with E-state index >= 15 is 0 Å². The van der Waals surface area contributed by atoms with Crippen molar-refractivity contribution >= 4 is 44.1 Å². The van der Waals surface area contributed by atoms with Gasteiger partial charge in [0, 0.05) is 5.56 Å². The van der Waals surface area contributed by atoms with Gasteiger partial charge in [0.15, 0.2) is 5.13 Å². The number of aromatic nitrogens is 1. The molecule has 1 N–H and O–H groups in total. The summed E-state index contributed by atoms with van der Waals surface area (Å²) in [6.07, 6.45) is 0.862. The third kappa shape index (κ3) is 4.40. The van der Waals surface area contributed by atoms with Gasteiger partial charge in [0.1, 0.15) is 11.5 Å². The predicted octanol–water partition coefficient (Wildman–Crippen LogP) is 6.50. The molecule has 1 fully saturated rings. The minimum absolute atomic E-state index is 0.0371. The summed E-state index contributed by atoms with van der Waals surface area (Å²) in [4.78, 5) is 33.2. The molecule has 6 nitrogen and oxygen atoms in total. The van der Waals surface area contributed by atoms with Gasteiger partial charge < -0.3 is 9.84 Å². The largest absolute Gasteiger partial charge is 0.507 e. The maximum Gasteiger partial charge on any atom is 0.301 e. The first-order valence-corrected chi connectivity index (χ1v) is 13.1. The molecule has 1 atom stereocenters. The average molecular weight is 513 g/mol. The van der Waals surface area contributed by atoms with Crippen molar-refractivity contribution in [2.75, 3.05) is 11.5 Å². The molecule has 0 bridgehead atoms. The molecule has 1 aromatic heterocycles. The van der Waals surface area contributed by atoms with E-state index in [9.17, 15) is 14.7 Å². The fraction of sp³-hybridized carbons (Fsp3) is 0.233. The van der Waals surface area contributed by atoms with Crippen LogP contribution in [0.15, 0.2) is 66.2 Å². The van der Waals surface area contributed by atoms with Crippen LogP contribution in [-0.2, 0) is 16.0 Å². The van der Waals surface area contributed by atoms with Gasteiger partial charge in [-0.3, -0.25) is 14.5 Å². The molecule has 1 amide bonds. The summed E-state index contributed by atoms with van der Waals surface area (Å²) in [6.45, 7) is 8.41. The molecule has 0 aliphatic carbocycles. The second kappa shape index (κ2) is 9.82. The number of anilines is 1. The molecule has 2 heterocycles. The lowest BCUT2D eigenvalue weighted by Crippen LogP contribution is -2.29. The van der Waals surface area contributed by atoms with Crippen LogP contribution in [0.1, 0.15) is 47.7 Å². The highest BCUT2D eigenvalue weighted by Gasteiger charge is 2.48. The van der Waals surface area contributed by atoms with E-state index in [2.05, 4.69) is 6.92 Å². The van der Waals surface area contributed by atoms with Crippen molar-refractivity contribution in [1.82, 2.24) is 4.98 Å². The number of fused-ring (bicyclic) bond motifs is 1. The highest BCUT2D eigenvalue weighted by atomic mass is 32.1. The number of amides is 1. The van der Waals surface area contributed by atoms with E-state index in [-0.39, 0.29) is 11.3 Å². The van der Waals surface area contributed by atoms with Crippen LogP contribution in [0.3, 0.4) is 0 Å². The summed E-state index contributed by atoms with van der Waals surface area (Å²) in [5.41, 5.74) is 5.22. The second-order valence-electron chi connectivity index (χ2n) is 9.15. The molecule has 5 rings (SSSR count). The Morgan fingerprint density at radius 3 is 2.51 bits per heavy atom. The van der Waals surface area contributed by atoms with Crippen LogP contribution in [0.2, 0.25) is 0 Å². The molecule has 0 radical (unpaired) electrons. The lowest BCUT2D eigenvalue weighted by Gasteiger charge is -2.23. The van der Waals surface area contributed by atoms with Crippen molar-refractivity contribution in [2.45, 2.75) is 40.2 Å². The first-order valence-electron chi connectivity index (χ1n) is 12.3. The SMILES string of the molecule is CCOc1cccc(C(O)=C2C(=O)C(=O)N(c3nc4c(C)cc(C)cc4s3)C2c2ccc(CC)cc2)c1. The molecule has 1 aliphatic heterocycles. The molecule has 0 saturated carbocycles. The quantitative estimate of drug-likeness (QED) is 0.181. The van der Waals surface area contributed by atoms with Crippen LogP contribution in [0.4, 0.5) is 5.13 Å². The van der Waals surface area contributed by atoms with Crippen LogP contribution in [0.5, 0.6) is 5.75 Å². The Kier molecular flexibility index (Phi) is 6.56. The van der Waals surface area contributed by atoms with Gasteiger partial charge in [0.05, 0.1) is 28.4 Å². The number of aryl methyl sites for hydroxylation is 3. The Hall–Kier alpha value is -3.97. The molecule has 4 aromatic rings. The van der Waals surface area contributed by atoms with Gasteiger partial charge in [-0.15, -0.1) is 0 Å². The number of hydrogen-bond acceptors (Lipinski definition) is 6. The average Bonchev–Trinajstić information content (AvgIpc) is 3.42. The van der Waals surface area contributed by atoms with Crippen molar-refractivity contribution in [3.63, 3.8) is 0 Å². The van der Waals surface area contributed by atoms with Crippen molar-refractivity contribution in [3.05, 3.63) is 94.1 Å². The summed E-state index contributed by atoms with van der Waals surface area (Å²) in [6, 6.07) is 18.0. The zero-order valence-electron chi connectivity index (χ0n) is 21.2. The maximum atomic E-state index is 13.5. The van der Waals surface area contributed by atoms with Gasteiger partial charge >= 0.3 is 5.91 Å². The zero-order chi connectivity index (χ0) is 26.3. The van der Waals surface area contributed by atoms with Gasteiger partial charge in [-0.25, -0.2) is 4.98 Å². The van der Waals surface area contributed by atoms with E-state index in [0.29, 0.717) is 23.1 Å². The fourth-order valence-electron chi connectivity index (χ4n) is 4.80. The smallest absolute Gasteiger partial charge is 0.301 e. The van der Waals surface area contributed by atoms with E-state index in [0.717, 1.165) is 38.9 Å². The molecule has 1 unspecified atom stereocenters. The van der Waals surface area contributed by atoms with Crippen molar-refractivity contribution in [1.29, 1.82) is 0 Å². The van der Waals surface area contributed by atoms with Gasteiger partial charge in [-0.2, -0.15) is 0 Å². The lowest BCUT2D eigenvalue weighted by molar-refractivity contribution is -0.132. The van der Waals surface area contributed by atoms with Crippen molar-refractivity contribution in [3.8, 4) is 5.75 Å². The molecule has 1 aliphatic rings. The van der Waals surface area contributed by atoms with E-state index in [4.69, 9.17) is 9.72 Å². The fourth-order valence-corrected chi connectivity index (χ4v) is 5.97. The monoisotopic (exact) mass is 512 g/mol. The number of Topliss-reactive ketones (excluding diaryl/α,β-unsaturated/α-hetero) is 1. The van der Waals surface area contributed by atoms with Crippen LogP contribution in [0, 0.1) is 13.8 Å². The first-order chi connectivity index (χ1) is 17.8. The van der Waals surface area contributed by atoms with Crippen LogP contribution in [-0.4, -0.2) is 28.4 Å². The van der Waals surface area contributed by atoms with Gasteiger partial charge in [0.2, 0.25) is 0 Å². The van der Waals surface area contributed by atoms with Gasteiger partial charge in [-0.1, -0.05) is 60.7 Å². The Balaban J connectivity index is 1.72. The summed E-state index contributed by atoms with van der Waals surface area (Å²) in [5, 5.41) is 11.9. The number of thiazole rings is 1. The zero-order valence-corrected chi connectivity index (χ0v) is 22.1. The molecule has 3 aromatic carbocycles. The maximum absolute atomic E-state index is 13.5. The minimum Gasteiger partial charge on any atom is -0.507 e. The number of carbonyl (C=O) groups is 2. The molecule has 7 heteroatoms. The topological polar surface area (TPSA) is 79.7 Å². The molecule has 188 valence electrons. The van der Waals surface area contributed by atoms with Crippen LogP contribution < -0.4 is 9.64 Å². The standard InChI is InChI=1S/C30H28N2O4S/c1-5-19-10-12-20(13-11-19)26-24(27(33)21-8-7-9-22(16-21)36-6-2)28(34)29(35)32(26)30-31-25-18(4)14-17(3)15-23(25)37-30/h7-16,26,33H,5-6H2,1-4H3. The number of nitrogens with zero attached hydrogens (tertiary/aromatic N) is 2. The van der Waals surface area contributed by atoms with E-state index in [1.54, 1.807) is 24.3 Å². The van der Waals surface area contributed by atoms with Crippen LogP contribution in [0.25, 0.3) is 16.0 Å². The molecular weight excluding hydrogens is 484 g/mol. The highest BCUT2D eigenvalue weighted by molar-refractivity contribution is 7.22. The number of aliphatic hydroxyl groups is 1. The summed E-state index contributed by atoms with van der Waals surface area (Å²) in [5.74, 6) is -1.11. The number of hydrogen-bond donors (Lipinski definition) is 1. The number of rotatable bonds is 6. The lowest BCUT2D eigenvalue weighted by atomic mass is 9.94. The third-order valence-electron chi connectivity index (χ3n) is 6.59. The van der Waals surface area contributed by atoms with Crippen molar-refractivity contribution < 1.29 is 19.4 Å². The van der Waals surface area contributed by atoms with Gasteiger partial charge in [-0.05, 0) is 67.6 Å². The Labute approximate surface area is 219 Å². The summed E-state index contributed by atoms with van der Waals surface area (Å²) in [7, 11) is 0. The molecule has 37 heavy (non-hydrogen) atoms.